The summed E-state index contributed by atoms with van der Waals surface area (Å²) in [6, 6.07) is 14.5. The fourth-order valence-electron chi connectivity index (χ4n) is 2.56. The van der Waals surface area contributed by atoms with Crippen LogP contribution in [0.15, 0.2) is 46.9 Å². The zero-order valence-electron chi connectivity index (χ0n) is 12.2. The Labute approximate surface area is 134 Å². The van der Waals surface area contributed by atoms with Gasteiger partial charge < -0.3 is 10.5 Å². The Bertz CT molecular complexity index is 612. The van der Waals surface area contributed by atoms with Crippen LogP contribution in [0.4, 0.5) is 0 Å². The fourth-order valence-corrected chi connectivity index (χ4v) is 3.28. The Kier molecular flexibility index (Phi) is 4.05. The summed E-state index contributed by atoms with van der Waals surface area (Å²) in [6.07, 6.45) is 3.22. The van der Waals surface area contributed by atoms with Gasteiger partial charge in [-0.3, -0.25) is 0 Å². The van der Waals surface area contributed by atoms with Gasteiger partial charge in [0.05, 0.1) is 4.47 Å². The summed E-state index contributed by atoms with van der Waals surface area (Å²) in [4.78, 5) is 0. The lowest BCUT2D eigenvalue weighted by atomic mass is 10.0. The Morgan fingerprint density at radius 2 is 1.86 bits per heavy atom. The molecule has 0 aliphatic heterocycles. The molecule has 0 atom stereocenters. The zero-order valence-corrected chi connectivity index (χ0v) is 13.8. The van der Waals surface area contributed by atoms with Crippen LogP contribution in [-0.4, -0.2) is 5.54 Å². The summed E-state index contributed by atoms with van der Waals surface area (Å²) < 4.78 is 6.99. The van der Waals surface area contributed by atoms with Crippen molar-refractivity contribution in [3.8, 4) is 5.75 Å². The van der Waals surface area contributed by atoms with Gasteiger partial charge in [-0.25, -0.2) is 0 Å². The van der Waals surface area contributed by atoms with Gasteiger partial charge in [-0.1, -0.05) is 36.4 Å². The van der Waals surface area contributed by atoms with Crippen molar-refractivity contribution < 1.29 is 4.74 Å². The van der Waals surface area contributed by atoms with E-state index >= 15 is 0 Å². The molecule has 1 fully saturated rings. The summed E-state index contributed by atoms with van der Waals surface area (Å²) in [6.45, 7) is 2.67. The van der Waals surface area contributed by atoms with Crippen molar-refractivity contribution in [2.45, 2.75) is 38.3 Å². The summed E-state index contributed by atoms with van der Waals surface area (Å²) >= 11 is 3.63. The minimum Gasteiger partial charge on any atom is -0.487 e. The Hall–Kier alpha value is -1.32. The maximum absolute atomic E-state index is 6.20. The van der Waals surface area contributed by atoms with Crippen LogP contribution in [0.2, 0.25) is 0 Å². The first kappa shape index (κ1) is 14.6. The highest BCUT2D eigenvalue weighted by atomic mass is 79.9. The molecule has 0 aromatic heterocycles. The lowest BCUT2D eigenvalue weighted by Gasteiger charge is -2.15. The van der Waals surface area contributed by atoms with Gasteiger partial charge in [0.1, 0.15) is 12.4 Å². The third-order valence-corrected chi connectivity index (χ3v) is 4.55. The van der Waals surface area contributed by atoms with E-state index < -0.39 is 0 Å². The van der Waals surface area contributed by atoms with E-state index in [1.54, 1.807) is 0 Å². The topological polar surface area (TPSA) is 35.2 Å². The van der Waals surface area contributed by atoms with Crippen LogP contribution >= 0.6 is 15.9 Å². The zero-order chi connectivity index (χ0) is 14.9. The molecule has 3 heteroatoms. The molecule has 2 aromatic carbocycles. The molecule has 0 unspecified atom stereocenters. The van der Waals surface area contributed by atoms with Crippen LogP contribution in [0.1, 0.15) is 29.5 Å². The van der Waals surface area contributed by atoms with E-state index in [0.717, 1.165) is 35.0 Å². The average Bonchev–Trinajstić information content (AvgIpc) is 3.16. The average molecular weight is 346 g/mol. The standard InChI is InChI=1S/C18H20BrNO/c1-13-9-15(11-18(20)7-8-18)10-16(19)17(13)21-12-14-5-3-2-4-6-14/h2-6,9-10H,7-8,11-12,20H2,1H3. The van der Waals surface area contributed by atoms with E-state index in [9.17, 15) is 0 Å². The molecule has 2 aromatic rings. The molecule has 1 aliphatic carbocycles. The summed E-state index contributed by atoms with van der Waals surface area (Å²) in [5, 5.41) is 0. The number of halogens is 1. The minimum atomic E-state index is 0.0400. The van der Waals surface area contributed by atoms with Gasteiger partial charge in [0.2, 0.25) is 0 Å². The second-order valence-electron chi connectivity index (χ2n) is 6.04. The van der Waals surface area contributed by atoms with E-state index in [2.05, 4.69) is 47.1 Å². The first-order valence-electron chi connectivity index (χ1n) is 7.30. The molecular weight excluding hydrogens is 326 g/mol. The molecule has 0 amide bonds. The van der Waals surface area contributed by atoms with Gasteiger partial charge in [0.25, 0.3) is 0 Å². The normalized spacial score (nSPS) is 15.8. The van der Waals surface area contributed by atoms with Crippen LogP contribution in [0.25, 0.3) is 0 Å². The molecule has 3 rings (SSSR count). The van der Waals surface area contributed by atoms with E-state index in [-0.39, 0.29) is 5.54 Å². The highest BCUT2D eigenvalue weighted by Crippen LogP contribution is 2.38. The lowest BCUT2D eigenvalue weighted by molar-refractivity contribution is 0.302. The fraction of sp³-hybridized carbons (Fsp3) is 0.333. The number of nitrogens with two attached hydrogens (primary N) is 1. The van der Waals surface area contributed by atoms with Crippen LogP contribution in [0.5, 0.6) is 5.75 Å². The predicted molar refractivity (Wildman–Crippen MR) is 89.5 cm³/mol. The molecule has 0 spiro atoms. The second kappa shape index (κ2) is 5.82. The minimum absolute atomic E-state index is 0.0400. The molecular formula is C18H20BrNO. The van der Waals surface area contributed by atoms with E-state index in [0.29, 0.717) is 6.61 Å². The summed E-state index contributed by atoms with van der Waals surface area (Å²) in [7, 11) is 0. The van der Waals surface area contributed by atoms with Crippen LogP contribution in [0, 0.1) is 6.92 Å². The molecule has 0 heterocycles. The Morgan fingerprint density at radius 3 is 2.48 bits per heavy atom. The molecule has 1 aliphatic rings. The van der Waals surface area contributed by atoms with Gasteiger partial charge >= 0.3 is 0 Å². The van der Waals surface area contributed by atoms with Gasteiger partial charge in [-0.15, -0.1) is 0 Å². The van der Waals surface area contributed by atoms with Crippen molar-refractivity contribution in [1.29, 1.82) is 0 Å². The Morgan fingerprint density at radius 1 is 1.14 bits per heavy atom. The number of ether oxygens (including phenoxy) is 1. The summed E-state index contributed by atoms with van der Waals surface area (Å²) in [5.74, 6) is 0.921. The number of aryl methyl sites for hydroxylation is 1. The van der Waals surface area contributed by atoms with E-state index in [4.69, 9.17) is 10.5 Å². The first-order chi connectivity index (χ1) is 10.1. The smallest absolute Gasteiger partial charge is 0.136 e. The van der Waals surface area contributed by atoms with Gasteiger partial charge in [-0.2, -0.15) is 0 Å². The van der Waals surface area contributed by atoms with Crippen molar-refractivity contribution in [2.24, 2.45) is 5.73 Å². The molecule has 110 valence electrons. The van der Waals surface area contributed by atoms with Crippen molar-refractivity contribution in [2.75, 3.05) is 0 Å². The van der Waals surface area contributed by atoms with Crippen LogP contribution < -0.4 is 10.5 Å². The molecule has 0 bridgehead atoms. The predicted octanol–water partition coefficient (Wildman–Crippen LogP) is 4.37. The van der Waals surface area contributed by atoms with Gasteiger partial charge in [0.15, 0.2) is 0 Å². The van der Waals surface area contributed by atoms with Gasteiger partial charge in [-0.05, 0) is 64.9 Å². The highest BCUT2D eigenvalue weighted by molar-refractivity contribution is 9.10. The van der Waals surface area contributed by atoms with Crippen molar-refractivity contribution in [1.82, 2.24) is 0 Å². The van der Waals surface area contributed by atoms with E-state index in [1.807, 2.05) is 18.2 Å². The van der Waals surface area contributed by atoms with Crippen molar-refractivity contribution >= 4 is 15.9 Å². The largest absolute Gasteiger partial charge is 0.487 e. The monoisotopic (exact) mass is 345 g/mol. The molecule has 21 heavy (non-hydrogen) atoms. The first-order valence-corrected chi connectivity index (χ1v) is 8.10. The number of benzene rings is 2. The number of hydrogen-bond acceptors (Lipinski definition) is 2. The number of rotatable bonds is 5. The lowest BCUT2D eigenvalue weighted by Crippen LogP contribution is -2.24. The Balaban J connectivity index is 1.73. The highest BCUT2D eigenvalue weighted by Gasteiger charge is 2.38. The van der Waals surface area contributed by atoms with Gasteiger partial charge in [0, 0.05) is 5.54 Å². The molecule has 1 saturated carbocycles. The quantitative estimate of drug-likeness (QED) is 0.873. The van der Waals surface area contributed by atoms with E-state index in [1.165, 1.54) is 11.1 Å². The molecule has 2 N–H and O–H groups in total. The second-order valence-corrected chi connectivity index (χ2v) is 6.89. The third kappa shape index (κ3) is 3.66. The molecule has 0 saturated heterocycles. The van der Waals surface area contributed by atoms with Crippen LogP contribution in [-0.2, 0) is 13.0 Å². The van der Waals surface area contributed by atoms with Crippen molar-refractivity contribution in [3.05, 3.63) is 63.6 Å². The summed E-state index contributed by atoms with van der Waals surface area (Å²) in [5.41, 5.74) is 9.85. The third-order valence-electron chi connectivity index (χ3n) is 3.96. The number of hydrogen-bond donors (Lipinski definition) is 1. The maximum Gasteiger partial charge on any atom is 0.136 e. The van der Waals surface area contributed by atoms with Crippen LogP contribution in [0.3, 0.4) is 0 Å². The SMILES string of the molecule is Cc1cc(CC2(N)CC2)cc(Br)c1OCc1ccccc1. The maximum atomic E-state index is 6.20. The van der Waals surface area contributed by atoms with Crippen molar-refractivity contribution in [3.63, 3.8) is 0 Å². The molecule has 0 radical (unpaired) electrons. The molecule has 2 nitrogen and oxygen atoms in total.